The Labute approximate surface area is 115 Å². The van der Waals surface area contributed by atoms with Crippen LogP contribution in [0.5, 0.6) is 0 Å². The summed E-state index contributed by atoms with van der Waals surface area (Å²) in [6.45, 7) is 6.40. The highest BCUT2D eigenvalue weighted by atomic mass is 16.1. The second-order valence-corrected chi connectivity index (χ2v) is 5.77. The Morgan fingerprint density at radius 1 is 1.26 bits per heavy atom. The third-order valence-electron chi connectivity index (χ3n) is 3.89. The van der Waals surface area contributed by atoms with Gasteiger partial charge >= 0.3 is 0 Å². The van der Waals surface area contributed by atoms with E-state index in [1.54, 1.807) is 0 Å². The summed E-state index contributed by atoms with van der Waals surface area (Å²) in [6.07, 6.45) is 2.66. The van der Waals surface area contributed by atoms with E-state index in [1.165, 1.54) is 5.56 Å². The lowest BCUT2D eigenvalue weighted by molar-refractivity contribution is -0.121. The number of benzene rings is 1. The zero-order valence-corrected chi connectivity index (χ0v) is 12.1. The molecular formula is C16H24N2O. The molecular weight excluding hydrogens is 236 g/mol. The largest absolute Gasteiger partial charge is 0.352 e. The van der Waals surface area contributed by atoms with Gasteiger partial charge in [0.1, 0.15) is 0 Å². The van der Waals surface area contributed by atoms with Crippen LogP contribution in [0, 0.1) is 6.92 Å². The van der Waals surface area contributed by atoms with Crippen molar-refractivity contribution in [2.75, 3.05) is 0 Å². The van der Waals surface area contributed by atoms with Gasteiger partial charge in [0, 0.05) is 18.1 Å². The van der Waals surface area contributed by atoms with Gasteiger partial charge in [-0.2, -0.15) is 0 Å². The minimum absolute atomic E-state index is 0.122. The van der Waals surface area contributed by atoms with Gasteiger partial charge < -0.3 is 10.6 Å². The highest BCUT2D eigenvalue weighted by Gasteiger charge is 2.25. The Bertz CT molecular complexity index is 427. The Morgan fingerprint density at radius 3 is 2.58 bits per heavy atom. The molecule has 0 spiro atoms. The second kappa shape index (κ2) is 6.20. The van der Waals surface area contributed by atoms with Crippen LogP contribution in [0.2, 0.25) is 0 Å². The first-order valence-electron chi connectivity index (χ1n) is 7.15. The second-order valence-electron chi connectivity index (χ2n) is 5.77. The summed E-state index contributed by atoms with van der Waals surface area (Å²) >= 11 is 0. The monoisotopic (exact) mass is 260 g/mol. The van der Waals surface area contributed by atoms with E-state index in [2.05, 4.69) is 43.5 Å². The van der Waals surface area contributed by atoms with E-state index in [1.807, 2.05) is 12.1 Å². The SMILES string of the molecule is Cc1ccc(CC(=O)NC2CCC(C)NC2C)cc1. The van der Waals surface area contributed by atoms with E-state index in [4.69, 9.17) is 0 Å². The molecule has 0 bridgehead atoms. The molecule has 1 aliphatic heterocycles. The first-order valence-corrected chi connectivity index (χ1v) is 7.15. The lowest BCUT2D eigenvalue weighted by Crippen LogP contribution is -2.55. The van der Waals surface area contributed by atoms with E-state index in [9.17, 15) is 4.79 Å². The molecule has 0 aliphatic carbocycles. The summed E-state index contributed by atoms with van der Waals surface area (Å²) < 4.78 is 0. The molecule has 3 heteroatoms. The molecule has 1 aromatic rings. The Morgan fingerprint density at radius 2 is 1.95 bits per heavy atom. The lowest BCUT2D eigenvalue weighted by Gasteiger charge is -2.34. The van der Waals surface area contributed by atoms with Crippen molar-refractivity contribution in [2.45, 2.75) is 58.2 Å². The molecule has 0 aromatic heterocycles. The summed E-state index contributed by atoms with van der Waals surface area (Å²) in [5.41, 5.74) is 2.30. The molecule has 1 aromatic carbocycles. The van der Waals surface area contributed by atoms with Crippen molar-refractivity contribution in [3.05, 3.63) is 35.4 Å². The van der Waals surface area contributed by atoms with E-state index in [-0.39, 0.29) is 11.9 Å². The molecule has 1 heterocycles. The number of piperidine rings is 1. The van der Waals surface area contributed by atoms with Crippen molar-refractivity contribution in [1.29, 1.82) is 0 Å². The maximum atomic E-state index is 12.1. The number of nitrogens with one attached hydrogen (secondary N) is 2. The van der Waals surface area contributed by atoms with Crippen molar-refractivity contribution >= 4 is 5.91 Å². The van der Waals surface area contributed by atoms with Gasteiger partial charge in [-0.3, -0.25) is 4.79 Å². The van der Waals surface area contributed by atoms with E-state index >= 15 is 0 Å². The number of carbonyl (C=O) groups excluding carboxylic acids is 1. The molecule has 0 radical (unpaired) electrons. The van der Waals surface area contributed by atoms with Gasteiger partial charge in [0.15, 0.2) is 0 Å². The number of hydrogen-bond acceptors (Lipinski definition) is 2. The summed E-state index contributed by atoms with van der Waals surface area (Å²) in [7, 11) is 0. The molecule has 104 valence electrons. The van der Waals surface area contributed by atoms with Crippen LogP contribution in [0.25, 0.3) is 0 Å². The molecule has 19 heavy (non-hydrogen) atoms. The predicted molar refractivity (Wildman–Crippen MR) is 78.1 cm³/mol. The fraction of sp³-hybridized carbons (Fsp3) is 0.562. The summed E-state index contributed by atoms with van der Waals surface area (Å²) in [5.74, 6) is 0.122. The normalized spacial score (nSPS) is 27.0. The molecule has 1 saturated heterocycles. The number of aryl methyl sites for hydroxylation is 1. The first kappa shape index (κ1) is 14.1. The summed E-state index contributed by atoms with van der Waals surface area (Å²) in [4.78, 5) is 12.1. The molecule has 1 aliphatic rings. The predicted octanol–water partition coefficient (Wildman–Crippen LogP) is 2.18. The maximum Gasteiger partial charge on any atom is 0.224 e. The summed E-state index contributed by atoms with van der Waals surface area (Å²) in [6, 6.07) is 9.32. The van der Waals surface area contributed by atoms with Crippen molar-refractivity contribution in [1.82, 2.24) is 10.6 Å². The van der Waals surface area contributed by atoms with Crippen molar-refractivity contribution in [2.24, 2.45) is 0 Å². The van der Waals surface area contributed by atoms with Gasteiger partial charge in [-0.25, -0.2) is 0 Å². The molecule has 3 unspecified atom stereocenters. The molecule has 1 fully saturated rings. The third-order valence-corrected chi connectivity index (χ3v) is 3.89. The van der Waals surface area contributed by atoms with Gasteiger partial charge in [-0.05, 0) is 39.2 Å². The fourth-order valence-corrected chi connectivity index (χ4v) is 2.67. The Kier molecular flexibility index (Phi) is 4.59. The number of amides is 1. The average Bonchev–Trinajstić information content (AvgIpc) is 2.36. The van der Waals surface area contributed by atoms with Crippen molar-refractivity contribution in [3.63, 3.8) is 0 Å². The maximum absolute atomic E-state index is 12.1. The molecule has 3 nitrogen and oxygen atoms in total. The standard InChI is InChI=1S/C16H24N2O/c1-11-4-7-14(8-5-11)10-16(19)18-15-9-6-12(2)17-13(15)3/h4-5,7-8,12-13,15,17H,6,9-10H2,1-3H3,(H,18,19). The minimum Gasteiger partial charge on any atom is -0.352 e. The molecule has 0 saturated carbocycles. The van der Waals surface area contributed by atoms with Crippen LogP contribution in [0.1, 0.15) is 37.8 Å². The number of hydrogen-bond donors (Lipinski definition) is 2. The van der Waals surface area contributed by atoms with Crippen LogP contribution < -0.4 is 10.6 Å². The van der Waals surface area contributed by atoms with Crippen LogP contribution in [0.15, 0.2) is 24.3 Å². The highest BCUT2D eigenvalue weighted by molar-refractivity contribution is 5.78. The molecule has 2 N–H and O–H groups in total. The van der Waals surface area contributed by atoms with Gasteiger partial charge in [0.05, 0.1) is 6.42 Å². The van der Waals surface area contributed by atoms with Crippen molar-refractivity contribution < 1.29 is 4.79 Å². The zero-order valence-electron chi connectivity index (χ0n) is 12.1. The summed E-state index contributed by atoms with van der Waals surface area (Å²) in [5, 5.41) is 6.64. The van der Waals surface area contributed by atoms with E-state index in [0.717, 1.165) is 18.4 Å². The molecule has 1 amide bonds. The quantitative estimate of drug-likeness (QED) is 0.874. The minimum atomic E-state index is 0.122. The highest BCUT2D eigenvalue weighted by Crippen LogP contribution is 2.13. The van der Waals surface area contributed by atoms with Gasteiger partial charge in [-0.1, -0.05) is 29.8 Å². The van der Waals surface area contributed by atoms with E-state index in [0.29, 0.717) is 18.5 Å². The third kappa shape index (κ3) is 4.06. The fourth-order valence-electron chi connectivity index (χ4n) is 2.67. The van der Waals surface area contributed by atoms with Gasteiger partial charge in [0.25, 0.3) is 0 Å². The van der Waals surface area contributed by atoms with Gasteiger partial charge in [0.2, 0.25) is 5.91 Å². The topological polar surface area (TPSA) is 41.1 Å². The first-order chi connectivity index (χ1) is 9.04. The van der Waals surface area contributed by atoms with Crippen LogP contribution in [0.3, 0.4) is 0 Å². The zero-order chi connectivity index (χ0) is 13.8. The number of rotatable bonds is 3. The van der Waals surface area contributed by atoms with Gasteiger partial charge in [-0.15, -0.1) is 0 Å². The average molecular weight is 260 g/mol. The molecule has 3 atom stereocenters. The Hall–Kier alpha value is -1.35. The van der Waals surface area contributed by atoms with E-state index < -0.39 is 0 Å². The van der Waals surface area contributed by atoms with Crippen molar-refractivity contribution in [3.8, 4) is 0 Å². The lowest BCUT2D eigenvalue weighted by atomic mass is 9.95. The van der Waals surface area contributed by atoms with Crippen LogP contribution in [0.4, 0.5) is 0 Å². The number of carbonyl (C=O) groups is 1. The van der Waals surface area contributed by atoms with Crippen LogP contribution in [-0.2, 0) is 11.2 Å². The van der Waals surface area contributed by atoms with Crippen LogP contribution in [-0.4, -0.2) is 24.0 Å². The van der Waals surface area contributed by atoms with Crippen LogP contribution >= 0.6 is 0 Å². The smallest absolute Gasteiger partial charge is 0.224 e. The molecule has 2 rings (SSSR count). The Balaban J connectivity index is 1.85.